The maximum atomic E-state index is 13.2. The topological polar surface area (TPSA) is 46.9 Å². The summed E-state index contributed by atoms with van der Waals surface area (Å²) in [7, 11) is 0. The van der Waals surface area contributed by atoms with Crippen LogP contribution >= 0.6 is 11.6 Å². The first kappa shape index (κ1) is 17.2. The van der Waals surface area contributed by atoms with Gasteiger partial charge in [0.15, 0.2) is 0 Å². The van der Waals surface area contributed by atoms with Crippen molar-refractivity contribution < 1.29 is 9.18 Å². The fraction of sp³-hybridized carbons (Fsp3) is 0.158. The predicted molar refractivity (Wildman–Crippen MR) is 96.6 cm³/mol. The van der Waals surface area contributed by atoms with Gasteiger partial charge in [-0.2, -0.15) is 5.10 Å². The van der Waals surface area contributed by atoms with Gasteiger partial charge in [-0.15, -0.1) is 0 Å². The van der Waals surface area contributed by atoms with Gasteiger partial charge in [0.25, 0.3) is 5.91 Å². The second kappa shape index (κ2) is 7.07. The standard InChI is InChI=1S/C19H17ClFN3O/c1-12(2)22-19(25)18-11-17(13-6-8-15(21)9-7-13)23-24(18)16-5-3-4-14(20)10-16/h3-12H,1-2H3,(H,22,25). The molecule has 3 rings (SSSR count). The van der Waals surface area contributed by atoms with Crippen LogP contribution in [0.5, 0.6) is 0 Å². The third-order valence-corrected chi connectivity index (χ3v) is 3.79. The number of amides is 1. The molecule has 0 unspecified atom stereocenters. The average Bonchev–Trinajstić information content (AvgIpc) is 3.00. The molecule has 1 aromatic heterocycles. The highest BCUT2D eigenvalue weighted by atomic mass is 35.5. The van der Waals surface area contributed by atoms with E-state index >= 15 is 0 Å². The Bertz CT molecular complexity index is 903. The van der Waals surface area contributed by atoms with E-state index < -0.39 is 0 Å². The molecular weight excluding hydrogens is 341 g/mol. The maximum absolute atomic E-state index is 13.2. The molecule has 0 fully saturated rings. The number of carbonyl (C=O) groups excluding carboxylic acids is 1. The summed E-state index contributed by atoms with van der Waals surface area (Å²) in [5, 5.41) is 7.94. The van der Waals surface area contributed by atoms with Gasteiger partial charge in [0.05, 0.1) is 11.4 Å². The molecule has 0 saturated heterocycles. The highest BCUT2D eigenvalue weighted by Gasteiger charge is 2.18. The van der Waals surface area contributed by atoms with Crippen LogP contribution in [0.4, 0.5) is 4.39 Å². The minimum Gasteiger partial charge on any atom is -0.349 e. The SMILES string of the molecule is CC(C)NC(=O)c1cc(-c2ccc(F)cc2)nn1-c1cccc(Cl)c1. The lowest BCUT2D eigenvalue weighted by atomic mass is 10.1. The van der Waals surface area contributed by atoms with E-state index in [9.17, 15) is 9.18 Å². The quantitative estimate of drug-likeness (QED) is 0.748. The molecule has 0 aliphatic carbocycles. The van der Waals surface area contributed by atoms with Crippen molar-refractivity contribution >= 4 is 17.5 Å². The van der Waals surface area contributed by atoms with E-state index in [1.54, 1.807) is 41.1 Å². The lowest BCUT2D eigenvalue weighted by Gasteiger charge is -2.10. The molecule has 1 heterocycles. The molecule has 0 aliphatic rings. The normalized spacial score (nSPS) is 10.9. The van der Waals surface area contributed by atoms with Crippen LogP contribution in [0.25, 0.3) is 16.9 Å². The van der Waals surface area contributed by atoms with E-state index in [1.165, 1.54) is 12.1 Å². The molecule has 3 aromatic rings. The number of hydrogen-bond donors (Lipinski definition) is 1. The number of halogens is 2. The Hall–Kier alpha value is -2.66. The molecule has 0 bridgehead atoms. The average molecular weight is 358 g/mol. The van der Waals surface area contributed by atoms with Crippen LogP contribution in [0.3, 0.4) is 0 Å². The van der Waals surface area contributed by atoms with Crippen LogP contribution in [-0.4, -0.2) is 21.7 Å². The van der Waals surface area contributed by atoms with Crippen molar-refractivity contribution in [2.24, 2.45) is 0 Å². The van der Waals surface area contributed by atoms with E-state index in [2.05, 4.69) is 10.4 Å². The highest BCUT2D eigenvalue weighted by Crippen LogP contribution is 2.23. The van der Waals surface area contributed by atoms with Crippen molar-refractivity contribution in [3.63, 3.8) is 0 Å². The third-order valence-electron chi connectivity index (χ3n) is 3.55. The second-order valence-electron chi connectivity index (χ2n) is 5.94. The first-order valence-corrected chi connectivity index (χ1v) is 8.24. The van der Waals surface area contributed by atoms with Crippen LogP contribution in [0.1, 0.15) is 24.3 Å². The number of nitrogens with zero attached hydrogens (tertiary/aromatic N) is 2. The van der Waals surface area contributed by atoms with E-state index in [-0.39, 0.29) is 17.8 Å². The molecule has 2 aromatic carbocycles. The fourth-order valence-corrected chi connectivity index (χ4v) is 2.63. The summed E-state index contributed by atoms with van der Waals surface area (Å²) in [6, 6.07) is 14.8. The van der Waals surface area contributed by atoms with Gasteiger partial charge in [-0.1, -0.05) is 17.7 Å². The Kier molecular flexibility index (Phi) is 4.86. The van der Waals surface area contributed by atoms with Crippen molar-refractivity contribution in [2.75, 3.05) is 0 Å². The number of nitrogens with one attached hydrogen (secondary N) is 1. The number of carbonyl (C=O) groups is 1. The van der Waals surface area contributed by atoms with Gasteiger partial charge >= 0.3 is 0 Å². The van der Waals surface area contributed by atoms with Crippen molar-refractivity contribution in [1.29, 1.82) is 0 Å². The summed E-state index contributed by atoms with van der Waals surface area (Å²) in [5.74, 6) is -0.563. The van der Waals surface area contributed by atoms with Crippen LogP contribution < -0.4 is 5.32 Å². The molecule has 128 valence electrons. The zero-order chi connectivity index (χ0) is 18.0. The fourth-order valence-electron chi connectivity index (χ4n) is 2.45. The maximum Gasteiger partial charge on any atom is 0.270 e. The van der Waals surface area contributed by atoms with Crippen LogP contribution in [-0.2, 0) is 0 Å². The Morgan fingerprint density at radius 1 is 1.16 bits per heavy atom. The molecule has 1 amide bonds. The number of hydrogen-bond acceptors (Lipinski definition) is 2. The van der Waals surface area contributed by atoms with Gasteiger partial charge in [0.2, 0.25) is 0 Å². The Labute approximate surface area is 150 Å². The second-order valence-corrected chi connectivity index (χ2v) is 6.38. The summed E-state index contributed by atoms with van der Waals surface area (Å²) >= 11 is 6.07. The molecule has 0 atom stereocenters. The lowest BCUT2D eigenvalue weighted by molar-refractivity contribution is 0.0935. The smallest absolute Gasteiger partial charge is 0.270 e. The van der Waals surface area contributed by atoms with E-state index in [0.29, 0.717) is 22.1 Å². The third kappa shape index (κ3) is 3.88. The first-order valence-electron chi connectivity index (χ1n) is 7.87. The summed E-state index contributed by atoms with van der Waals surface area (Å²) in [5.41, 5.74) is 2.36. The number of rotatable bonds is 4. The Morgan fingerprint density at radius 2 is 1.88 bits per heavy atom. The van der Waals surface area contributed by atoms with E-state index in [0.717, 1.165) is 5.56 Å². The lowest BCUT2D eigenvalue weighted by Crippen LogP contribution is -2.31. The molecule has 1 N–H and O–H groups in total. The van der Waals surface area contributed by atoms with Crippen LogP contribution in [0, 0.1) is 5.82 Å². The zero-order valence-corrected chi connectivity index (χ0v) is 14.6. The van der Waals surface area contributed by atoms with Gasteiger partial charge in [0, 0.05) is 16.6 Å². The van der Waals surface area contributed by atoms with Crippen molar-refractivity contribution in [3.8, 4) is 16.9 Å². The highest BCUT2D eigenvalue weighted by molar-refractivity contribution is 6.30. The summed E-state index contributed by atoms with van der Waals surface area (Å²) < 4.78 is 14.7. The molecule has 0 radical (unpaired) electrons. The minimum absolute atomic E-state index is 0.00974. The molecule has 0 saturated carbocycles. The van der Waals surface area contributed by atoms with Crippen LogP contribution in [0.15, 0.2) is 54.6 Å². The predicted octanol–water partition coefficient (Wildman–Crippen LogP) is 4.47. The first-order chi connectivity index (χ1) is 11.9. The molecule has 4 nitrogen and oxygen atoms in total. The molecule has 0 aliphatic heterocycles. The summed E-state index contributed by atoms with van der Waals surface area (Å²) in [6.07, 6.45) is 0. The Balaban J connectivity index is 2.11. The van der Waals surface area contributed by atoms with Gasteiger partial charge in [0.1, 0.15) is 11.5 Å². The van der Waals surface area contributed by atoms with E-state index in [4.69, 9.17) is 11.6 Å². The molecule has 0 spiro atoms. The molecule has 25 heavy (non-hydrogen) atoms. The van der Waals surface area contributed by atoms with Crippen LogP contribution in [0.2, 0.25) is 5.02 Å². The van der Waals surface area contributed by atoms with Gasteiger partial charge in [-0.05, 0) is 62.4 Å². The van der Waals surface area contributed by atoms with Crippen molar-refractivity contribution in [1.82, 2.24) is 15.1 Å². The zero-order valence-electron chi connectivity index (χ0n) is 13.8. The summed E-state index contributed by atoms with van der Waals surface area (Å²) in [4.78, 5) is 12.6. The number of aromatic nitrogens is 2. The number of benzene rings is 2. The van der Waals surface area contributed by atoms with Gasteiger partial charge < -0.3 is 5.32 Å². The molecular formula is C19H17ClFN3O. The van der Waals surface area contributed by atoms with Crippen molar-refractivity contribution in [3.05, 3.63) is 71.1 Å². The Morgan fingerprint density at radius 3 is 2.52 bits per heavy atom. The minimum atomic E-state index is -0.323. The van der Waals surface area contributed by atoms with E-state index in [1.807, 2.05) is 19.9 Å². The molecule has 6 heteroatoms. The van der Waals surface area contributed by atoms with Crippen molar-refractivity contribution in [2.45, 2.75) is 19.9 Å². The van der Waals surface area contributed by atoms with Gasteiger partial charge in [-0.3, -0.25) is 4.79 Å². The monoisotopic (exact) mass is 357 g/mol. The van der Waals surface area contributed by atoms with Gasteiger partial charge in [-0.25, -0.2) is 9.07 Å². The largest absolute Gasteiger partial charge is 0.349 e. The summed E-state index contributed by atoms with van der Waals surface area (Å²) in [6.45, 7) is 3.78.